The molecule has 4 rings (SSSR count). The second kappa shape index (κ2) is 7.36. The van der Waals surface area contributed by atoms with Crippen molar-refractivity contribution in [1.29, 1.82) is 0 Å². The average molecular weight is 418 g/mol. The fourth-order valence-electron chi connectivity index (χ4n) is 3.00. The van der Waals surface area contributed by atoms with Crippen LogP contribution in [0.25, 0.3) is 16.0 Å². The van der Waals surface area contributed by atoms with Crippen LogP contribution in [0, 0.1) is 0 Å². The Bertz CT molecular complexity index is 1260. The molecule has 0 bridgehead atoms. The first kappa shape index (κ1) is 18.6. The van der Waals surface area contributed by atoms with Crippen molar-refractivity contribution >= 4 is 44.6 Å². The summed E-state index contributed by atoms with van der Waals surface area (Å²) in [5, 5.41) is 10.9. The van der Waals surface area contributed by atoms with Crippen LogP contribution in [-0.4, -0.2) is 30.7 Å². The number of amides is 1. The molecule has 4 aromatic heterocycles. The highest BCUT2D eigenvalue weighted by molar-refractivity contribution is 7.17. The molecule has 10 heteroatoms. The van der Waals surface area contributed by atoms with Gasteiger partial charge in [-0.05, 0) is 36.2 Å². The highest BCUT2D eigenvalue weighted by Gasteiger charge is 2.20. The molecule has 0 aliphatic carbocycles. The van der Waals surface area contributed by atoms with Gasteiger partial charge in [0.1, 0.15) is 11.2 Å². The summed E-state index contributed by atoms with van der Waals surface area (Å²) in [6.07, 6.45) is 0.793. The van der Waals surface area contributed by atoms with Crippen LogP contribution in [0.15, 0.2) is 38.5 Å². The van der Waals surface area contributed by atoms with Crippen molar-refractivity contribution in [2.45, 2.75) is 39.4 Å². The van der Waals surface area contributed by atoms with Crippen molar-refractivity contribution in [1.82, 2.24) is 24.1 Å². The third-order valence-electron chi connectivity index (χ3n) is 4.60. The Hall–Kier alpha value is -2.72. The molecule has 1 atom stereocenters. The third-order valence-corrected chi connectivity index (χ3v) is 6.35. The lowest BCUT2D eigenvalue weighted by molar-refractivity contribution is -0.122. The zero-order valence-corrected chi connectivity index (χ0v) is 17.0. The Balaban J connectivity index is 1.86. The molecule has 1 N–H and O–H groups in total. The minimum absolute atomic E-state index is 0.0147. The molecule has 146 valence electrons. The van der Waals surface area contributed by atoms with Gasteiger partial charge in [0.15, 0.2) is 0 Å². The Morgan fingerprint density at radius 3 is 2.79 bits per heavy atom. The van der Waals surface area contributed by atoms with E-state index < -0.39 is 5.69 Å². The third kappa shape index (κ3) is 3.18. The maximum Gasteiger partial charge on any atom is 0.352 e. The minimum Gasteiger partial charge on any atom is -0.352 e. The van der Waals surface area contributed by atoms with Crippen molar-refractivity contribution < 1.29 is 4.79 Å². The lowest BCUT2D eigenvalue weighted by Gasteiger charge is -2.10. The van der Waals surface area contributed by atoms with Crippen LogP contribution in [-0.2, 0) is 17.9 Å². The Morgan fingerprint density at radius 1 is 1.25 bits per heavy atom. The second-order valence-corrected chi connectivity index (χ2v) is 8.51. The van der Waals surface area contributed by atoms with Gasteiger partial charge < -0.3 is 5.32 Å². The van der Waals surface area contributed by atoms with E-state index in [1.54, 1.807) is 11.4 Å². The van der Waals surface area contributed by atoms with Gasteiger partial charge in [-0.2, -0.15) is 0 Å². The maximum absolute atomic E-state index is 13.0. The Kier molecular flexibility index (Phi) is 4.90. The fourth-order valence-corrected chi connectivity index (χ4v) is 4.51. The van der Waals surface area contributed by atoms with Crippen LogP contribution in [0.2, 0.25) is 0 Å². The zero-order chi connectivity index (χ0) is 19.8. The second-order valence-electron chi connectivity index (χ2n) is 6.56. The fraction of sp³-hybridized carbons (Fsp3) is 0.333. The van der Waals surface area contributed by atoms with Crippen molar-refractivity contribution in [2.24, 2.45) is 0 Å². The monoisotopic (exact) mass is 417 g/mol. The molecule has 0 aliphatic rings. The number of fused-ring (bicyclic) bond motifs is 3. The summed E-state index contributed by atoms with van der Waals surface area (Å²) in [6, 6.07) is 5.59. The van der Waals surface area contributed by atoms with Gasteiger partial charge in [-0.1, -0.05) is 13.0 Å². The van der Waals surface area contributed by atoms with Crippen molar-refractivity contribution in [3.63, 3.8) is 0 Å². The van der Waals surface area contributed by atoms with E-state index in [1.165, 1.54) is 31.6 Å². The van der Waals surface area contributed by atoms with E-state index in [0.29, 0.717) is 16.8 Å². The summed E-state index contributed by atoms with van der Waals surface area (Å²) in [4.78, 5) is 39.2. The smallest absolute Gasteiger partial charge is 0.352 e. The van der Waals surface area contributed by atoms with E-state index in [2.05, 4.69) is 10.4 Å². The molecule has 0 fully saturated rings. The van der Waals surface area contributed by atoms with Crippen LogP contribution in [0.1, 0.15) is 25.1 Å². The summed E-state index contributed by atoms with van der Waals surface area (Å²) in [5.41, 5.74) is -0.101. The molecule has 4 heterocycles. The number of hydrogen-bond acceptors (Lipinski definition) is 6. The minimum atomic E-state index is -0.433. The molecule has 0 radical (unpaired) electrons. The summed E-state index contributed by atoms with van der Waals surface area (Å²) >= 11 is 2.82. The Labute approximate surface area is 167 Å². The van der Waals surface area contributed by atoms with Crippen molar-refractivity contribution in [3.05, 3.63) is 54.7 Å². The normalized spacial score (nSPS) is 12.6. The van der Waals surface area contributed by atoms with Gasteiger partial charge in [0.25, 0.3) is 5.56 Å². The van der Waals surface area contributed by atoms with Crippen molar-refractivity contribution in [2.75, 3.05) is 0 Å². The number of nitrogens with one attached hydrogen (secondary N) is 1. The molecular formula is C18H19N5O3S2. The first-order valence-electron chi connectivity index (χ1n) is 8.91. The first-order chi connectivity index (χ1) is 13.5. The quantitative estimate of drug-likeness (QED) is 0.519. The highest BCUT2D eigenvalue weighted by atomic mass is 32.1. The molecule has 0 aromatic carbocycles. The van der Waals surface area contributed by atoms with Gasteiger partial charge in [0.05, 0.1) is 12.1 Å². The lowest BCUT2D eigenvalue weighted by atomic mass is 10.2. The van der Waals surface area contributed by atoms with Crippen LogP contribution >= 0.6 is 22.7 Å². The number of aromatic nitrogens is 4. The Morgan fingerprint density at radius 2 is 2.07 bits per heavy atom. The molecule has 0 saturated heterocycles. The van der Waals surface area contributed by atoms with Gasteiger partial charge in [0.2, 0.25) is 11.7 Å². The molecule has 28 heavy (non-hydrogen) atoms. The number of carbonyl (C=O) groups is 1. The van der Waals surface area contributed by atoms with E-state index in [-0.39, 0.29) is 29.8 Å². The SMILES string of the molecule is CC[C@H](C)NC(=O)Cn1nc2n(Cc3cccs3)c(=O)c3sccc3n2c1=O. The molecule has 4 aromatic rings. The van der Waals surface area contributed by atoms with Crippen LogP contribution < -0.4 is 16.6 Å². The van der Waals surface area contributed by atoms with Gasteiger partial charge in [-0.15, -0.1) is 27.8 Å². The molecule has 0 unspecified atom stereocenters. The van der Waals surface area contributed by atoms with Gasteiger partial charge >= 0.3 is 5.69 Å². The maximum atomic E-state index is 13.0. The topological polar surface area (TPSA) is 90.4 Å². The van der Waals surface area contributed by atoms with Crippen molar-refractivity contribution in [3.8, 4) is 0 Å². The molecule has 0 saturated carbocycles. The highest BCUT2D eigenvalue weighted by Crippen LogP contribution is 2.18. The molecule has 0 aliphatic heterocycles. The number of rotatable bonds is 6. The van der Waals surface area contributed by atoms with Gasteiger partial charge in [-0.25, -0.2) is 13.9 Å². The number of carbonyl (C=O) groups excluding carboxylic acids is 1. The van der Waals surface area contributed by atoms with E-state index in [1.807, 2.05) is 31.4 Å². The molecule has 1 amide bonds. The van der Waals surface area contributed by atoms with E-state index in [9.17, 15) is 14.4 Å². The molecule has 8 nitrogen and oxygen atoms in total. The largest absolute Gasteiger partial charge is 0.352 e. The van der Waals surface area contributed by atoms with Crippen LogP contribution in [0.3, 0.4) is 0 Å². The van der Waals surface area contributed by atoms with E-state index >= 15 is 0 Å². The van der Waals surface area contributed by atoms with E-state index in [0.717, 1.165) is 16.0 Å². The number of thiophene rings is 2. The summed E-state index contributed by atoms with van der Waals surface area (Å²) < 4.78 is 4.52. The predicted octanol–water partition coefficient (Wildman–Crippen LogP) is 1.90. The van der Waals surface area contributed by atoms with Crippen LogP contribution in [0.4, 0.5) is 0 Å². The number of hydrogen-bond donors (Lipinski definition) is 1. The number of nitrogens with zero attached hydrogens (tertiary/aromatic N) is 4. The van der Waals surface area contributed by atoms with E-state index in [4.69, 9.17) is 0 Å². The summed E-state index contributed by atoms with van der Waals surface area (Å²) in [7, 11) is 0. The predicted molar refractivity (Wildman–Crippen MR) is 110 cm³/mol. The molecular weight excluding hydrogens is 398 g/mol. The first-order valence-corrected chi connectivity index (χ1v) is 10.7. The summed E-state index contributed by atoms with van der Waals surface area (Å²) in [6.45, 7) is 4.00. The standard InChI is InChI=1S/C18H19N5O3S2/c1-3-11(2)19-14(24)10-22-18(26)23-13-6-8-28-15(13)16(25)21(17(23)20-22)9-12-5-4-7-27-12/h4-8,11H,3,9-10H2,1-2H3,(H,19,24)/t11-/m0/s1. The average Bonchev–Trinajstić information content (AvgIpc) is 3.40. The van der Waals surface area contributed by atoms with Gasteiger partial charge in [-0.3, -0.25) is 14.2 Å². The summed E-state index contributed by atoms with van der Waals surface area (Å²) in [5.74, 6) is -0.0424. The zero-order valence-electron chi connectivity index (χ0n) is 15.4. The van der Waals surface area contributed by atoms with Crippen LogP contribution in [0.5, 0.6) is 0 Å². The molecule has 0 spiro atoms. The van der Waals surface area contributed by atoms with Gasteiger partial charge in [0, 0.05) is 10.9 Å². The lowest BCUT2D eigenvalue weighted by Crippen LogP contribution is -2.37.